The minimum absolute atomic E-state index is 0.261. The molecule has 0 saturated carbocycles. The predicted octanol–water partition coefficient (Wildman–Crippen LogP) is 2.01. The summed E-state index contributed by atoms with van der Waals surface area (Å²) in [5, 5.41) is 2.71. The Balaban J connectivity index is 1.46. The largest absolute Gasteiger partial charge is 0.493 e. The second kappa shape index (κ2) is 10.3. The zero-order valence-electron chi connectivity index (χ0n) is 18.1. The lowest BCUT2D eigenvalue weighted by molar-refractivity contribution is -0.124. The highest BCUT2D eigenvalue weighted by Crippen LogP contribution is 2.27. The summed E-state index contributed by atoms with van der Waals surface area (Å²) in [6.07, 6.45) is 2.19. The topological polar surface area (TPSA) is 112 Å². The van der Waals surface area contributed by atoms with E-state index in [9.17, 15) is 14.4 Å². The number of esters is 1. The van der Waals surface area contributed by atoms with Crippen LogP contribution in [-0.4, -0.2) is 48.8 Å². The summed E-state index contributed by atoms with van der Waals surface area (Å²) in [5.41, 5.74) is 2.36. The van der Waals surface area contributed by atoms with Crippen LogP contribution in [0.1, 0.15) is 21.6 Å². The van der Waals surface area contributed by atoms with Gasteiger partial charge in [-0.25, -0.2) is 9.59 Å². The maximum Gasteiger partial charge on any atom is 0.338 e. The van der Waals surface area contributed by atoms with Crippen LogP contribution < -0.4 is 20.5 Å². The molecule has 0 aliphatic carbocycles. The maximum atomic E-state index is 12.2. The van der Waals surface area contributed by atoms with E-state index in [0.29, 0.717) is 30.2 Å². The third kappa shape index (κ3) is 5.37. The standard InChI is InChI=1S/C23H25N3O6/c1-15-13-25-23(29)26(15)18-7-5-17(6-8-18)22(28)32-14-21(27)24-11-10-16-4-9-19(30-2)20(12-16)31-3/h4-9,12-13H,10-11,14H2,1-3H3,(H,24,27)(H,25,29). The Kier molecular flexibility index (Phi) is 7.33. The molecular weight excluding hydrogens is 414 g/mol. The molecule has 0 unspecified atom stereocenters. The molecule has 3 aromatic rings. The van der Waals surface area contributed by atoms with Crippen LogP contribution in [-0.2, 0) is 16.0 Å². The molecule has 0 aliphatic heterocycles. The molecule has 9 heteroatoms. The summed E-state index contributed by atoms with van der Waals surface area (Å²) in [7, 11) is 3.13. The Labute approximate surface area is 184 Å². The summed E-state index contributed by atoms with van der Waals surface area (Å²) in [4.78, 5) is 38.6. The van der Waals surface area contributed by atoms with Gasteiger partial charge in [0.05, 0.1) is 25.5 Å². The molecule has 2 N–H and O–H groups in total. The Morgan fingerprint density at radius 2 is 1.75 bits per heavy atom. The number of imidazole rings is 1. The smallest absolute Gasteiger partial charge is 0.338 e. The number of aromatic nitrogens is 2. The number of H-pyrrole nitrogens is 1. The third-order valence-corrected chi connectivity index (χ3v) is 4.84. The number of ether oxygens (including phenoxy) is 3. The van der Waals surface area contributed by atoms with Gasteiger partial charge < -0.3 is 24.5 Å². The SMILES string of the molecule is COc1ccc(CCNC(=O)COC(=O)c2ccc(-n3c(C)c[nH]c3=O)cc2)cc1OC. The zero-order chi connectivity index (χ0) is 23.1. The molecule has 1 aromatic heterocycles. The van der Waals surface area contributed by atoms with Crippen molar-refractivity contribution in [3.05, 3.63) is 76.0 Å². The molecule has 0 saturated heterocycles. The number of hydrogen-bond donors (Lipinski definition) is 2. The fraction of sp³-hybridized carbons (Fsp3) is 0.261. The first kappa shape index (κ1) is 22.7. The first-order chi connectivity index (χ1) is 15.4. The molecule has 1 heterocycles. The number of hydrogen-bond acceptors (Lipinski definition) is 6. The molecule has 9 nitrogen and oxygen atoms in total. The molecule has 0 atom stereocenters. The summed E-state index contributed by atoms with van der Waals surface area (Å²) >= 11 is 0. The van der Waals surface area contributed by atoms with E-state index < -0.39 is 11.9 Å². The summed E-state index contributed by atoms with van der Waals surface area (Å²) in [6.45, 7) is 1.79. The van der Waals surface area contributed by atoms with Crippen molar-refractivity contribution in [3.8, 4) is 17.2 Å². The number of methoxy groups -OCH3 is 2. The van der Waals surface area contributed by atoms with Crippen LogP contribution in [0.2, 0.25) is 0 Å². The predicted molar refractivity (Wildman–Crippen MR) is 118 cm³/mol. The second-order valence-corrected chi connectivity index (χ2v) is 6.98. The van der Waals surface area contributed by atoms with Crippen molar-refractivity contribution in [2.24, 2.45) is 0 Å². The number of nitrogens with zero attached hydrogens (tertiary/aromatic N) is 1. The lowest BCUT2D eigenvalue weighted by Gasteiger charge is -2.10. The van der Waals surface area contributed by atoms with E-state index in [2.05, 4.69) is 10.3 Å². The van der Waals surface area contributed by atoms with Gasteiger partial charge in [0.1, 0.15) is 0 Å². The quantitative estimate of drug-likeness (QED) is 0.494. The summed E-state index contributed by atoms with van der Waals surface area (Å²) in [5.74, 6) is 0.234. The van der Waals surface area contributed by atoms with Crippen molar-refractivity contribution in [2.45, 2.75) is 13.3 Å². The van der Waals surface area contributed by atoms with Crippen LogP contribution in [0.3, 0.4) is 0 Å². The van der Waals surface area contributed by atoms with Crippen molar-refractivity contribution >= 4 is 11.9 Å². The van der Waals surface area contributed by atoms with Gasteiger partial charge in [-0.15, -0.1) is 0 Å². The minimum atomic E-state index is -0.621. The van der Waals surface area contributed by atoms with E-state index in [1.807, 2.05) is 12.1 Å². The van der Waals surface area contributed by atoms with Crippen molar-refractivity contribution in [1.82, 2.24) is 14.9 Å². The van der Waals surface area contributed by atoms with Gasteiger partial charge in [-0.3, -0.25) is 9.36 Å². The summed E-state index contributed by atoms with van der Waals surface area (Å²) < 4.78 is 17.0. The normalized spacial score (nSPS) is 10.5. The van der Waals surface area contributed by atoms with Gasteiger partial charge in [0.15, 0.2) is 18.1 Å². The van der Waals surface area contributed by atoms with E-state index in [0.717, 1.165) is 11.3 Å². The first-order valence-electron chi connectivity index (χ1n) is 9.95. The van der Waals surface area contributed by atoms with Crippen LogP contribution in [0.15, 0.2) is 53.5 Å². The fourth-order valence-corrected chi connectivity index (χ4v) is 3.17. The van der Waals surface area contributed by atoms with Gasteiger partial charge in [0.2, 0.25) is 0 Å². The molecule has 0 spiro atoms. The van der Waals surface area contributed by atoms with Gasteiger partial charge in [0.25, 0.3) is 5.91 Å². The number of nitrogens with one attached hydrogen (secondary N) is 2. The molecule has 0 bridgehead atoms. The molecule has 0 fully saturated rings. The molecule has 32 heavy (non-hydrogen) atoms. The van der Waals surface area contributed by atoms with E-state index >= 15 is 0 Å². The lowest BCUT2D eigenvalue weighted by Crippen LogP contribution is -2.30. The van der Waals surface area contributed by atoms with Gasteiger partial charge in [0, 0.05) is 18.4 Å². The molecule has 0 aliphatic rings. The molecule has 168 valence electrons. The number of benzene rings is 2. The maximum absolute atomic E-state index is 12.2. The summed E-state index contributed by atoms with van der Waals surface area (Å²) in [6, 6.07) is 11.9. The highest BCUT2D eigenvalue weighted by atomic mass is 16.5. The number of carbonyl (C=O) groups is 2. The Morgan fingerprint density at radius 1 is 1.03 bits per heavy atom. The number of amides is 1. The zero-order valence-corrected chi connectivity index (χ0v) is 18.1. The fourth-order valence-electron chi connectivity index (χ4n) is 3.17. The number of rotatable bonds is 9. The highest BCUT2D eigenvalue weighted by molar-refractivity contribution is 5.91. The number of aryl methyl sites for hydroxylation is 1. The van der Waals surface area contributed by atoms with E-state index in [1.165, 1.54) is 4.57 Å². The third-order valence-electron chi connectivity index (χ3n) is 4.84. The van der Waals surface area contributed by atoms with Gasteiger partial charge in [-0.1, -0.05) is 6.07 Å². The van der Waals surface area contributed by atoms with Crippen molar-refractivity contribution in [2.75, 3.05) is 27.4 Å². The Morgan fingerprint density at radius 3 is 2.38 bits per heavy atom. The van der Waals surface area contributed by atoms with Gasteiger partial charge in [-0.05, 0) is 55.3 Å². The number of aromatic amines is 1. The second-order valence-electron chi connectivity index (χ2n) is 6.98. The van der Waals surface area contributed by atoms with E-state index in [1.54, 1.807) is 57.7 Å². The van der Waals surface area contributed by atoms with E-state index in [4.69, 9.17) is 14.2 Å². The van der Waals surface area contributed by atoms with Crippen LogP contribution in [0.25, 0.3) is 5.69 Å². The minimum Gasteiger partial charge on any atom is -0.493 e. The first-order valence-corrected chi connectivity index (χ1v) is 9.95. The van der Waals surface area contributed by atoms with Crippen LogP contribution in [0, 0.1) is 6.92 Å². The van der Waals surface area contributed by atoms with Crippen molar-refractivity contribution in [1.29, 1.82) is 0 Å². The van der Waals surface area contributed by atoms with Crippen LogP contribution in [0.5, 0.6) is 11.5 Å². The Bertz CT molecular complexity index is 1150. The van der Waals surface area contributed by atoms with Gasteiger partial charge in [-0.2, -0.15) is 0 Å². The van der Waals surface area contributed by atoms with Crippen molar-refractivity contribution in [3.63, 3.8) is 0 Å². The average Bonchev–Trinajstić information content (AvgIpc) is 3.15. The lowest BCUT2D eigenvalue weighted by atomic mass is 10.1. The monoisotopic (exact) mass is 439 g/mol. The number of carbonyl (C=O) groups excluding carboxylic acids is 2. The molecular formula is C23H25N3O6. The highest BCUT2D eigenvalue weighted by Gasteiger charge is 2.12. The molecule has 2 aromatic carbocycles. The van der Waals surface area contributed by atoms with Crippen LogP contribution >= 0.6 is 0 Å². The molecule has 3 rings (SSSR count). The van der Waals surface area contributed by atoms with Crippen LogP contribution in [0.4, 0.5) is 0 Å². The molecule has 1 amide bonds. The average molecular weight is 439 g/mol. The Hall–Kier alpha value is -4.01. The molecule has 0 radical (unpaired) electrons. The van der Waals surface area contributed by atoms with Crippen molar-refractivity contribution < 1.29 is 23.8 Å². The van der Waals surface area contributed by atoms with Gasteiger partial charge >= 0.3 is 11.7 Å². The van der Waals surface area contributed by atoms with E-state index in [-0.39, 0.29) is 17.9 Å².